The van der Waals surface area contributed by atoms with Crippen molar-refractivity contribution >= 4 is 23.7 Å². The van der Waals surface area contributed by atoms with Crippen molar-refractivity contribution in [2.75, 3.05) is 0 Å². The summed E-state index contributed by atoms with van der Waals surface area (Å²) in [6.45, 7) is 0.321. The second-order valence-corrected chi connectivity index (χ2v) is 2.92. The van der Waals surface area contributed by atoms with E-state index in [9.17, 15) is 0 Å². The molecule has 0 amide bonds. The summed E-state index contributed by atoms with van der Waals surface area (Å²) in [6.07, 6.45) is 0. The molecule has 1 heterocycles. The molecule has 0 saturated carbocycles. The molecule has 0 atom stereocenters. The third kappa shape index (κ3) is 1.09. The first-order valence-electron chi connectivity index (χ1n) is 3.58. The van der Waals surface area contributed by atoms with Gasteiger partial charge in [-0.15, -0.1) is 12.6 Å². The average molecular weight is 180 g/mol. The number of benzene rings is 1. The number of hydrogen-bond donors (Lipinski definition) is 2. The minimum Gasteiger partial charge on any atom is -0.438 e. The molecule has 0 unspecified atom stereocenters. The van der Waals surface area contributed by atoms with Gasteiger partial charge in [0.25, 0.3) is 0 Å². The van der Waals surface area contributed by atoms with Crippen LogP contribution < -0.4 is 5.73 Å². The molecule has 0 radical (unpaired) electrons. The maximum Gasteiger partial charge on any atom is 0.209 e. The molecular formula is C8H8N2OS. The van der Waals surface area contributed by atoms with Gasteiger partial charge in [-0.1, -0.05) is 6.07 Å². The molecule has 62 valence electrons. The van der Waals surface area contributed by atoms with E-state index in [0.29, 0.717) is 18.0 Å². The molecule has 0 spiro atoms. The lowest BCUT2D eigenvalue weighted by molar-refractivity contribution is 0.528. The van der Waals surface area contributed by atoms with Crippen LogP contribution in [0.5, 0.6) is 0 Å². The number of aromatic nitrogens is 1. The fourth-order valence-corrected chi connectivity index (χ4v) is 1.31. The van der Waals surface area contributed by atoms with Crippen LogP contribution in [0.3, 0.4) is 0 Å². The smallest absolute Gasteiger partial charge is 0.209 e. The lowest BCUT2D eigenvalue weighted by atomic mass is 10.3. The van der Waals surface area contributed by atoms with E-state index in [1.807, 2.05) is 18.2 Å². The Kier molecular flexibility index (Phi) is 1.78. The SMILES string of the molecule is NCc1nc2cccc(S)c2o1. The first kappa shape index (κ1) is 7.64. The number of thiol groups is 1. The molecule has 0 aliphatic carbocycles. The summed E-state index contributed by atoms with van der Waals surface area (Å²) >= 11 is 4.23. The first-order chi connectivity index (χ1) is 5.81. The van der Waals surface area contributed by atoms with Crippen LogP contribution in [-0.4, -0.2) is 4.98 Å². The van der Waals surface area contributed by atoms with Gasteiger partial charge in [0.1, 0.15) is 5.52 Å². The standard InChI is InChI=1S/C8H8N2OS/c9-4-7-10-5-2-1-3-6(12)8(5)11-7/h1-3,12H,4,9H2. The van der Waals surface area contributed by atoms with E-state index >= 15 is 0 Å². The van der Waals surface area contributed by atoms with E-state index in [-0.39, 0.29) is 0 Å². The van der Waals surface area contributed by atoms with E-state index in [0.717, 1.165) is 10.4 Å². The number of nitrogens with two attached hydrogens (primary N) is 1. The second-order valence-electron chi connectivity index (χ2n) is 2.44. The molecule has 0 aliphatic rings. The third-order valence-electron chi connectivity index (χ3n) is 1.61. The summed E-state index contributed by atoms with van der Waals surface area (Å²) in [5, 5.41) is 0. The van der Waals surface area contributed by atoms with Crippen LogP contribution in [-0.2, 0) is 6.54 Å². The highest BCUT2D eigenvalue weighted by atomic mass is 32.1. The Morgan fingerprint density at radius 2 is 2.33 bits per heavy atom. The van der Waals surface area contributed by atoms with E-state index in [1.54, 1.807) is 0 Å². The number of oxazole rings is 1. The Morgan fingerprint density at radius 1 is 1.50 bits per heavy atom. The zero-order chi connectivity index (χ0) is 8.55. The van der Waals surface area contributed by atoms with Crippen LogP contribution in [0.4, 0.5) is 0 Å². The predicted molar refractivity (Wildman–Crippen MR) is 49.2 cm³/mol. The number of para-hydroxylation sites is 1. The van der Waals surface area contributed by atoms with Gasteiger partial charge in [0.2, 0.25) is 5.89 Å². The van der Waals surface area contributed by atoms with Crippen molar-refractivity contribution in [3.8, 4) is 0 Å². The van der Waals surface area contributed by atoms with Crippen LogP contribution in [0.1, 0.15) is 5.89 Å². The van der Waals surface area contributed by atoms with Gasteiger partial charge >= 0.3 is 0 Å². The minimum absolute atomic E-state index is 0.321. The number of hydrogen-bond acceptors (Lipinski definition) is 4. The molecule has 0 saturated heterocycles. The monoisotopic (exact) mass is 180 g/mol. The molecule has 2 N–H and O–H groups in total. The Labute approximate surface area is 75.0 Å². The Balaban J connectivity index is 2.74. The molecule has 1 aromatic heterocycles. The summed E-state index contributed by atoms with van der Waals surface area (Å²) in [6, 6.07) is 5.61. The predicted octanol–water partition coefficient (Wildman–Crippen LogP) is 1.58. The highest BCUT2D eigenvalue weighted by Gasteiger charge is 2.05. The number of nitrogens with zero attached hydrogens (tertiary/aromatic N) is 1. The van der Waals surface area contributed by atoms with Gasteiger partial charge in [-0.05, 0) is 12.1 Å². The van der Waals surface area contributed by atoms with Gasteiger partial charge in [-0.25, -0.2) is 4.98 Å². The van der Waals surface area contributed by atoms with E-state index < -0.39 is 0 Å². The van der Waals surface area contributed by atoms with Gasteiger partial charge in [-0.3, -0.25) is 0 Å². The number of rotatable bonds is 1. The molecule has 1 aromatic carbocycles. The maximum atomic E-state index is 5.38. The highest BCUT2D eigenvalue weighted by molar-refractivity contribution is 7.80. The van der Waals surface area contributed by atoms with Crippen molar-refractivity contribution in [2.24, 2.45) is 5.73 Å². The fraction of sp³-hybridized carbons (Fsp3) is 0.125. The Morgan fingerprint density at radius 3 is 3.00 bits per heavy atom. The maximum absolute atomic E-state index is 5.38. The van der Waals surface area contributed by atoms with Crippen molar-refractivity contribution in [3.63, 3.8) is 0 Å². The van der Waals surface area contributed by atoms with Crippen molar-refractivity contribution < 1.29 is 4.42 Å². The van der Waals surface area contributed by atoms with E-state index in [2.05, 4.69) is 17.6 Å². The highest BCUT2D eigenvalue weighted by Crippen LogP contribution is 2.22. The quantitative estimate of drug-likeness (QED) is 0.655. The average Bonchev–Trinajstić information content (AvgIpc) is 2.49. The van der Waals surface area contributed by atoms with Crippen LogP contribution >= 0.6 is 12.6 Å². The van der Waals surface area contributed by atoms with Crippen molar-refractivity contribution in [2.45, 2.75) is 11.4 Å². The van der Waals surface area contributed by atoms with Gasteiger partial charge in [0.05, 0.1) is 6.54 Å². The van der Waals surface area contributed by atoms with Crippen molar-refractivity contribution in [1.82, 2.24) is 4.98 Å². The van der Waals surface area contributed by atoms with Crippen LogP contribution in [0.25, 0.3) is 11.1 Å². The molecule has 12 heavy (non-hydrogen) atoms. The van der Waals surface area contributed by atoms with Gasteiger partial charge < -0.3 is 10.2 Å². The first-order valence-corrected chi connectivity index (χ1v) is 4.03. The zero-order valence-electron chi connectivity index (χ0n) is 6.32. The lowest BCUT2D eigenvalue weighted by Crippen LogP contribution is -1.94. The van der Waals surface area contributed by atoms with Crippen molar-refractivity contribution in [3.05, 3.63) is 24.1 Å². The lowest BCUT2D eigenvalue weighted by Gasteiger charge is -1.88. The molecule has 4 heteroatoms. The summed E-state index contributed by atoms with van der Waals surface area (Å²) in [5.41, 5.74) is 6.90. The molecule has 0 bridgehead atoms. The molecule has 3 nitrogen and oxygen atoms in total. The minimum atomic E-state index is 0.321. The largest absolute Gasteiger partial charge is 0.438 e. The van der Waals surface area contributed by atoms with Crippen LogP contribution in [0.2, 0.25) is 0 Å². The third-order valence-corrected chi connectivity index (χ3v) is 1.97. The molecule has 2 rings (SSSR count). The summed E-state index contributed by atoms with van der Waals surface area (Å²) < 4.78 is 5.34. The van der Waals surface area contributed by atoms with Gasteiger partial charge in [-0.2, -0.15) is 0 Å². The summed E-state index contributed by atoms with van der Waals surface area (Å²) in [4.78, 5) is 4.94. The topological polar surface area (TPSA) is 52.0 Å². The molecular weight excluding hydrogens is 172 g/mol. The second kappa shape index (κ2) is 2.80. The number of fused-ring (bicyclic) bond motifs is 1. The Hall–Kier alpha value is -1.00. The van der Waals surface area contributed by atoms with Crippen molar-refractivity contribution in [1.29, 1.82) is 0 Å². The van der Waals surface area contributed by atoms with E-state index in [4.69, 9.17) is 10.2 Å². The summed E-state index contributed by atoms with van der Waals surface area (Å²) in [7, 11) is 0. The molecule has 0 fully saturated rings. The fourth-order valence-electron chi connectivity index (χ4n) is 1.07. The van der Waals surface area contributed by atoms with Crippen LogP contribution in [0.15, 0.2) is 27.5 Å². The normalized spacial score (nSPS) is 10.8. The molecule has 2 aromatic rings. The zero-order valence-corrected chi connectivity index (χ0v) is 7.21. The van der Waals surface area contributed by atoms with E-state index in [1.165, 1.54) is 0 Å². The van der Waals surface area contributed by atoms with Gasteiger partial charge in [0.15, 0.2) is 5.58 Å². The van der Waals surface area contributed by atoms with Crippen LogP contribution in [0, 0.1) is 0 Å². The Bertz CT molecular complexity index is 410. The van der Waals surface area contributed by atoms with Gasteiger partial charge in [0, 0.05) is 4.90 Å². The molecule has 0 aliphatic heterocycles. The summed E-state index contributed by atoms with van der Waals surface area (Å²) in [5.74, 6) is 0.548.